The zero-order valence-electron chi connectivity index (χ0n) is 6.55. The highest BCUT2D eigenvalue weighted by Gasteiger charge is 2.10. The summed E-state index contributed by atoms with van der Waals surface area (Å²) in [6.45, 7) is -0.268. The van der Waals surface area contributed by atoms with E-state index < -0.39 is 0 Å². The van der Waals surface area contributed by atoms with Crippen LogP contribution in [-0.2, 0) is 6.61 Å². The van der Waals surface area contributed by atoms with Crippen molar-refractivity contribution in [1.82, 2.24) is 0 Å². The van der Waals surface area contributed by atoms with E-state index >= 15 is 0 Å². The van der Waals surface area contributed by atoms with Crippen molar-refractivity contribution in [1.29, 1.82) is 0 Å². The maximum Gasteiger partial charge on any atom is 0.137 e. The Hall–Kier alpha value is -0.450. The molecule has 0 aliphatic heterocycles. The van der Waals surface area contributed by atoms with Crippen LogP contribution >= 0.6 is 27.3 Å². The first kappa shape index (κ1) is 9.12. The third kappa shape index (κ3) is 1.39. The van der Waals surface area contributed by atoms with Gasteiger partial charge in [-0.1, -0.05) is 0 Å². The minimum atomic E-state index is -0.318. The summed E-state index contributed by atoms with van der Waals surface area (Å²) in [6.07, 6.45) is 0. The number of aliphatic hydroxyl groups is 1. The van der Waals surface area contributed by atoms with Crippen molar-refractivity contribution in [3.05, 3.63) is 33.4 Å². The molecule has 4 heteroatoms. The number of aliphatic hydroxyl groups excluding tert-OH is 1. The average molecular weight is 261 g/mol. The van der Waals surface area contributed by atoms with Crippen molar-refractivity contribution < 1.29 is 9.50 Å². The Balaban J connectivity index is 2.85. The second kappa shape index (κ2) is 3.36. The second-order valence-corrected chi connectivity index (χ2v) is 4.42. The predicted octanol–water partition coefficient (Wildman–Crippen LogP) is 3.30. The van der Waals surface area contributed by atoms with Crippen LogP contribution in [0.5, 0.6) is 0 Å². The summed E-state index contributed by atoms with van der Waals surface area (Å²) in [7, 11) is 0. The molecule has 0 radical (unpaired) electrons. The van der Waals surface area contributed by atoms with E-state index in [1.54, 1.807) is 12.1 Å². The van der Waals surface area contributed by atoms with Gasteiger partial charge in [-0.05, 0) is 33.4 Å². The molecule has 0 fully saturated rings. The predicted molar refractivity (Wildman–Crippen MR) is 55.4 cm³/mol. The van der Waals surface area contributed by atoms with Gasteiger partial charge < -0.3 is 5.11 Å². The maximum absolute atomic E-state index is 13.5. The van der Waals surface area contributed by atoms with Gasteiger partial charge in [-0.2, -0.15) is 0 Å². The molecule has 0 atom stereocenters. The van der Waals surface area contributed by atoms with Crippen LogP contribution in [0.2, 0.25) is 0 Å². The Morgan fingerprint density at radius 3 is 3.00 bits per heavy atom. The van der Waals surface area contributed by atoms with Crippen LogP contribution in [0.3, 0.4) is 0 Å². The summed E-state index contributed by atoms with van der Waals surface area (Å²) in [6, 6.07) is 3.34. The smallest absolute Gasteiger partial charge is 0.137 e. The fraction of sp³-hybridized carbons (Fsp3) is 0.111. The molecule has 0 saturated carbocycles. The SMILES string of the molecule is OCc1cc(Br)c2sccc2c1F. The molecule has 1 heterocycles. The van der Waals surface area contributed by atoms with Crippen molar-refractivity contribution in [2.45, 2.75) is 6.61 Å². The summed E-state index contributed by atoms with van der Waals surface area (Å²) in [5, 5.41) is 11.3. The Bertz CT molecular complexity index is 452. The molecule has 0 spiro atoms. The van der Waals surface area contributed by atoms with Crippen LogP contribution in [0.25, 0.3) is 10.1 Å². The number of hydrogen-bond donors (Lipinski definition) is 1. The van der Waals surface area contributed by atoms with Gasteiger partial charge >= 0.3 is 0 Å². The number of hydrogen-bond acceptors (Lipinski definition) is 2. The minimum absolute atomic E-state index is 0.268. The van der Waals surface area contributed by atoms with E-state index in [0.29, 0.717) is 10.9 Å². The van der Waals surface area contributed by atoms with Gasteiger partial charge in [-0.25, -0.2) is 4.39 Å². The molecule has 0 aliphatic rings. The first-order chi connectivity index (χ1) is 6.24. The molecule has 1 N–H and O–H groups in total. The number of fused-ring (bicyclic) bond motifs is 1. The Morgan fingerprint density at radius 1 is 1.54 bits per heavy atom. The highest BCUT2D eigenvalue weighted by Crippen LogP contribution is 2.32. The van der Waals surface area contributed by atoms with E-state index in [9.17, 15) is 4.39 Å². The first-order valence-corrected chi connectivity index (χ1v) is 5.36. The van der Waals surface area contributed by atoms with E-state index in [1.165, 1.54) is 11.3 Å². The normalized spacial score (nSPS) is 11.0. The van der Waals surface area contributed by atoms with Crippen LogP contribution in [-0.4, -0.2) is 5.11 Å². The molecular formula is C9H6BrFOS. The summed E-state index contributed by atoms with van der Waals surface area (Å²) in [5.74, 6) is -0.318. The van der Waals surface area contributed by atoms with E-state index in [0.717, 1.165) is 9.17 Å². The Morgan fingerprint density at radius 2 is 2.31 bits per heavy atom. The molecule has 0 unspecified atom stereocenters. The molecule has 13 heavy (non-hydrogen) atoms. The second-order valence-electron chi connectivity index (χ2n) is 2.65. The molecule has 1 nitrogen and oxygen atoms in total. The third-order valence-electron chi connectivity index (χ3n) is 1.87. The van der Waals surface area contributed by atoms with Crippen molar-refractivity contribution in [3.8, 4) is 0 Å². The number of benzene rings is 1. The lowest BCUT2D eigenvalue weighted by Crippen LogP contribution is -1.89. The molecule has 1 aromatic heterocycles. The molecule has 1 aromatic carbocycles. The zero-order chi connectivity index (χ0) is 9.42. The molecule has 2 rings (SSSR count). The zero-order valence-corrected chi connectivity index (χ0v) is 8.95. The average Bonchev–Trinajstić information content (AvgIpc) is 2.60. The number of rotatable bonds is 1. The van der Waals surface area contributed by atoms with E-state index in [-0.39, 0.29) is 12.4 Å². The van der Waals surface area contributed by atoms with Gasteiger partial charge in [-0.3, -0.25) is 0 Å². The number of thiophene rings is 1. The van der Waals surface area contributed by atoms with Gasteiger partial charge in [0.2, 0.25) is 0 Å². The lowest BCUT2D eigenvalue weighted by molar-refractivity contribution is 0.276. The van der Waals surface area contributed by atoms with Crippen LogP contribution in [0, 0.1) is 5.82 Å². The highest BCUT2D eigenvalue weighted by atomic mass is 79.9. The molecule has 0 amide bonds. The van der Waals surface area contributed by atoms with Crippen molar-refractivity contribution in [3.63, 3.8) is 0 Å². The van der Waals surface area contributed by atoms with Crippen LogP contribution in [0.4, 0.5) is 4.39 Å². The fourth-order valence-electron chi connectivity index (χ4n) is 1.24. The fourth-order valence-corrected chi connectivity index (χ4v) is 2.80. The molecule has 0 aliphatic carbocycles. The van der Waals surface area contributed by atoms with Gasteiger partial charge in [-0.15, -0.1) is 11.3 Å². The lowest BCUT2D eigenvalue weighted by atomic mass is 10.1. The molecule has 0 bridgehead atoms. The van der Waals surface area contributed by atoms with E-state index in [2.05, 4.69) is 15.9 Å². The van der Waals surface area contributed by atoms with Crippen molar-refractivity contribution in [2.24, 2.45) is 0 Å². The van der Waals surface area contributed by atoms with Crippen molar-refractivity contribution in [2.75, 3.05) is 0 Å². The topological polar surface area (TPSA) is 20.2 Å². The quantitative estimate of drug-likeness (QED) is 0.835. The van der Waals surface area contributed by atoms with Gasteiger partial charge in [0.05, 0.1) is 11.3 Å². The van der Waals surface area contributed by atoms with Crippen molar-refractivity contribution >= 4 is 37.4 Å². The molecular weight excluding hydrogens is 255 g/mol. The first-order valence-electron chi connectivity index (χ1n) is 3.69. The minimum Gasteiger partial charge on any atom is -0.392 e. The van der Waals surface area contributed by atoms with Crippen LogP contribution < -0.4 is 0 Å². The van der Waals surface area contributed by atoms with Gasteiger partial charge in [0.25, 0.3) is 0 Å². The highest BCUT2D eigenvalue weighted by molar-refractivity contribution is 9.10. The Labute approximate surface area is 86.9 Å². The van der Waals surface area contributed by atoms with Crippen LogP contribution in [0.15, 0.2) is 22.0 Å². The lowest BCUT2D eigenvalue weighted by Gasteiger charge is -2.02. The van der Waals surface area contributed by atoms with Gasteiger partial charge in [0.15, 0.2) is 0 Å². The third-order valence-corrected chi connectivity index (χ3v) is 3.71. The number of halogens is 2. The summed E-state index contributed by atoms with van der Waals surface area (Å²) in [5.41, 5.74) is 0.331. The summed E-state index contributed by atoms with van der Waals surface area (Å²) < 4.78 is 15.2. The monoisotopic (exact) mass is 260 g/mol. The molecule has 68 valence electrons. The van der Waals surface area contributed by atoms with E-state index in [4.69, 9.17) is 5.11 Å². The summed E-state index contributed by atoms with van der Waals surface area (Å²) >= 11 is 4.81. The standard InChI is InChI=1S/C9H6BrFOS/c10-7-3-5(4-12)8(11)6-1-2-13-9(6)7/h1-3,12H,4H2. The molecule has 0 saturated heterocycles. The van der Waals surface area contributed by atoms with Gasteiger partial charge in [0.1, 0.15) is 5.82 Å². The molecule has 2 aromatic rings. The van der Waals surface area contributed by atoms with E-state index in [1.807, 2.05) is 5.38 Å². The maximum atomic E-state index is 13.5. The Kier molecular flexibility index (Phi) is 2.36. The van der Waals surface area contributed by atoms with Crippen LogP contribution in [0.1, 0.15) is 5.56 Å². The van der Waals surface area contributed by atoms with Gasteiger partial charge in [0, 0.05) is 15.4 Å². The largest absolute Gasteiger partial charge is 0.392 e. The summed E-state index contributed by atoms with van der Waals surface area (Å²) in [4.78, 5) is 0.